The van der Waals surface area contributed by atoms with Gasteiger partial charge in [-0.05, 0) is 105 Å². The third kappa shape index (κ3) is 3.77. The van der Waals surface area contributed by atoms with Crippen LogP contribution in [0.1, 0.15) is 66.3 Å². The number of benzene rings is 7. The Morgan fingerprint density at radius 2 is 1.53 bits per heavy atom. The van der Waals surface area contributed by atoms with E-state index < -0.39 is 0 Å². The minimum absolute atomic E-state index is 0.0312. The van der Waals surface area contributed by atoms with Crippen molar-refractivity contribution in [3.05, 3.63) is 173 Å². The third-order valence-electron chi connectivity index (χ3n) is 13.8. The lowest BCUT2D eigenvalue weighted by molar-refractivity contribution is 0.489. The number of rotatable bonds is 3. The van der Waals surface area contributed by atoms with Gasteiger partial charge in [-0.2, -0.15) is 0 Å². The molecule has 13 rings (SSSR count). The first-order chi connectivity index (χ1) is 27.2. The van der Waals surface area contributed by atoms with Gasteiger partial charge in [0.25, 0.3) is 0 Å². The van der Waals surface area contributed by atoms with Gasteiger partial charge in [0.1, 0.15) is 0 Å². The van der Waals surface area contributed by atoms with Crippen molar-refractivity contribution in [3.8, 4) is 27.9 Å². The maximum atomic E-state index is 5.50. The van der Waals surface area contributed by atoms with Crippen LogP contribution in [-0.4, -0.2) is 10.3 Å². The molecule has 0 fully saturated rings. The summed E-state index contributed by atoms with van der Waals surface area (Å²) in [7, 11) is 0. The van der Waals surface area contributed by atoms with Gasteiger partial charge in [-0.15, -0.1) is 0 Å². The van der Waals surface area contributed by atoms with Crippen LogP contribution in [0.25, 0.3) is 82.6 Å². The lowest BCUT2D eigenvalue weighted by atomic mass is 9.69. The molecule has 0 radical (unpaired) electrons. The predicted octanol–water partition coefficient (Wildman–Crippen LogP) is 13.8. The van der Waals surface area contributed by atoms with Crippen molar-refractivity contribution in [2.45, 2.75) is 44.9 Å². The standard InChI is InChI=1S/C53H38N2/c1-2-27-53-28-10-9-20-47(53)54-51-41-18-11-17-39-46(26-25-38(49(39)41)44(51)30-53)55-45-19-8-7-16-35(45)43-29-42-34-15-6-5-14-33(34)36-23-24-37(42)50(52(43)55)40-22-21-31-12-3-4-13-32(31)48(36)40/h3-22,25-26,28-29,36H,2,23-24,27,30H2,1H3/t36?,53-/m0/s1. The summed E-state index contributed by atoms with van der Waals surface area (Å²) >= 11 is 0. The number of para-hydroxylation sites is 1. The normalized spacial score (nSPS) is 19.8. The van der Waals surface area contributed by atoms with Gasteiger partial charge in [-0.25, -0.2) is 0 Å². The number of aromatic nitrogens is 1. The van der Waals surface area contributed by atoms with Gasteiger partial charge in [-0.1, -0.05) is 135 Å². The zero-order valence-electron chi connectivity index (χ0n) is 30.9. The minimum Gasteiger partial charge on any atom is -0.308 e. The molecule has 2 heterocycles. The van der Waals surface area contributed by atoms with Crippen LogP contribution < -0.4 is 0 Å². The van der Waals surface area contributed by atoms with Gasteiger partial charge in [0.15, 0.2) is 0 Å². The number of nitrogens with zero attached hydrogens (tertiary/aromatic N) is 2. The minimum atomic E-state index is -0.0312. The molecule has 4 aliphatic carbocycles. The second-order valence-electron chi connectivity index (χ2n) is 16.4. The second-order valence-corrected chi connectivity index (χ2v) is 16.4. The smallest absolute Gasteiger partial charge is 0.0750 e. The van der Waals surface area contributed by atoms with Crippen molar-refractivity contribution in [1.82, 2.24) is 4.57 Å². The van der Waals surface area contributed by atoms with Gasteiger partial charge >= 0.3 is 0 Å². The van der Waals surface area contributed by atoms with Gasteiger partial charge < -0.3 is 4.57 Å². The number of hydrogen-bond acceptors (Lipinski definition) is 1. The van der Waals surface area contributed by atoms with Crippen LogP contribution in [0.4, 0.5) is 0 Å². The highest BCUT2D eigenvalue weighted by atomic mass is 15.0. The highest BCUT2D eigenvalue weighted by Gasteiger charge is 2.41. The molecule has 0 amide bonds. The summed E-state index contributed by atoms with van der Waals surface area (Å²) in [5.74, 6) is 0.329. The Hall–Kier alpha value is -6.25. The quantitative estimate of drug-likeness (QED) is 0.174. The van der Waals surface area contributed by atoms with E-state index in [1.807, 2.05) is 0 Å². The topological polar surface area (TPSA) is 17.3 Å². The highest BCUT2D eigenvalue weighted by Crippen LogP contribution is 2.57. The van der Waals surface area contributed by atoms with Gasteiger partial charge in [0.2, 0.25) is 0 Å². The number of fused-ring (bicyclic) bond motifs is 17. The average molecular weight is 703 g/mol. The average Bonchev–Trinajstić information content (AvgIpc) is 3.57. The van der Waals surface area contributed by atoms with Crippen LogP contribution in [-0.2, 0) is 6.42 Å². The summed E-state index contributed by atoms with van der Waals surface area (Å²) in [5, 5.41) is 7.98. The molecule has 2 bridgehead atoms. The van der Waals surface area contributed by atoms with E-state index >= 15 is 0 Å². The first-order valence-corrected chi connectivity index (χ1v) is 20.2. The van der Waals surface area contributed by atoms with Crippen LogP contribution in [0.2, 0.25) is 0 Å². The molecule has 55 heavy (non-hydrogen) atoms. The van der Waals surface area contributed by atoms with Crippen molar-refractivity contribution in [2.24, 2.45) is 10.4 Å². The van der Waals surface area contributed by atoms with Crippen molar-refractivity contribution in [3.63, 3.8) is 0 Å². The summed E-state index contributed by atoms with van der Waals surface area (Å²) < 4.78 is 2.63. The van der Waals surface area contributed by atoms with Crippen LogP contribution in [0.3, 0.4) is 0 Å². The first-order valence-electron chi connectivity index (χ1n) is 20.2. The Balaban J connectivity index is 1.15. The molecule has 5 aliphatic rings. The van der Waals surface area contributed by atoms with E-state index in [1.54, 1.807) is 0 Å². The summed E-state index contributed by atoms with van der Waals surface area (Å²) in [5.41, 5.74) is 20.3. The molecule has 0 N–H and O–H groups in total. The van der Waals surface area contributed by atoms with E-state index in [0.717, 1.165) is 32.1 Å². The largest absolute Gasteiger partial charge is 0.308 e. The Kier molecular flexibility index (Phi) is 5.86. The van der Waals surface area contributed by atoms with Crippen molar-refractivity contribution < 1.29 is 0 Å². The SMILES string of the molecule is CCC[C@@]12C=CC=CC1=NC1=C(C2)c2ccc(-n3c4ccccc4c4cc5c6c(c43)-c3ccc4ccccc4c3C(CC6)c3ccccc3-5)c3cccc1c23. The maximum Gasteiger partial charge on any atom is 0.0750 e. The van der Waals surface area contributed by atoms with Crippen LogP contribution >= 0.6 is 0 Å². The molecule has 1 aliphatic heterocycles. The van der Waals surface area contributed by atoms with Crippen LogP contribution in [0, 0.1) is 5.41 Å². The summed E-state index contributed by atoms with van der Waals surface area (Å²) in [6, 6.07) is 46.6. The van der Waals surface area contributed by atoms with Crippen LogP contribution in [0.15, 0.2) is 151 Å². The molecule has 1 aromatic heterocycles. The fourth-order valence-electron chi connectivity index (χ4n) is 11.6. The fourth-order valence-corrected chi connectivity index (χ4v) is 11.6. The second kappa shape index (κ2) is 10.7. The molecular formula is C53H38N2. The predicted molar refractivity (Wildman–Crippen MR) is 231 cm³/mol. The summed E-state index contributed by atoms with van der Waals surface area (Å²) in [4.78, 5) is 5.50. The van der Waals surface area contributed by atoms with E-state index in [4.69, 9.17) is 4.99 Å². The lowest BCUT2D eigenvalue weighted by Gasteiger charge is -2.36. The Bertz CT molecular complexity index is 3200. The van der Waals surface area contributed by atoms with Gasteiger partial charge in [0.05, 0.1) is 28.1 Å². The third-order valence-corrected chi connectivity index (χ3v) is 13.8. The van der Waals surface area contributed by atoms with E-state index in [0.29, 0.717) is 5.92 Å². The molecule has 0 spiro atoms. The molecule has 0 saturated heterocycles. The van der Waals surface area contributed by atoms with Crippen molar-refractivity contribution in [1.29, 1.82) is 0 Å². The molecule has 260 valence electrons. The molecular weight excluding hydrogens is 665 g/mol. The zero-order valence-corrected chi connectivity index (χ0v) is 30.9. The maximum absolute atomic E-state index is 5.50. The van der Waals surface area contributed by atoms with Crippen molar-refractivity contribution >= 4 is 60.3 Å². The molecule has 1 unspecified atom stereocenters. The van der Waals surface area contributed by atoms with Crippen LogP contribution in [0.5, 0.6) is 0 Å². The molecule has 7 aromatic carbocycles. The monoisotopic (exact) mass is 702 g/mol. The van der Waals surface area contributed by atoms with Gasteiger partial charge in [-0.3, -0.25) is 4.99 Å². The zero-order chi connectivity index (χ0) is 36.0. The Morgan fingerprint density at radius 1 is 0.709 bits per heavy atom. The Morgan fingerprint density at radius 3 is 2.47 bits per heavy atom. The first kappa shape index (κ1) is 30.1. The van der Waals surface area contributed by atoms with Crippen molar-refractivity contribution in [2.75, 3.05) is 0 Å². The number of hydrogen-bond donors (Lipinski definition) is 0. The molecule has 0 saturated carbocycles. The Labute approximate surface area is 320 Å². The summed E-state index contributed by atoms with van der Waals surface area (Å²) in [6.45, 7) is 2.30. The van der Waals surface area contributed by atoms with E-state index in [1.165, 1.54) is 116 Å². The highest BCUT2D eigenvalue weighted by molar-refractivity contribution is 6.23. The molecule has 2 atom stereocenters. The number of aliphatic imine (C=N–C) groups is 1. The van der Waals surface area contributed by atoms with E-state index in [-0.39, 0.29) is 5.41 Å². The number of allylic oxidation sites excluding steroid dienone is 5. The fraction of sp³-hybridized carbons (Fsp3) is 0.151. The molecule has 2 heteroatoms. The van der Waals surface area contributed by atoms with Gasteiger partial charge in [0, 0.05) is 44.0 Å². The summed E-state index contributed by atoms with van der Waals surface area (Å²) in [6.07, 6.45) is 14.5. The molecule has 8 aromatic rings. The lowest BCUT2D eigenvalue weighted by Crippen LogP contribution is -2.31. The molecule has 2 nitrogen and oxygen atoms in total. The van der Waals surface area contributed by atoms with E-state index in [2.05, 4.69) is 157 Å². The van der Waals surface area contributed by atoms with E-state index in [9.17, 15) is 0 Å².